The average molecular weight is 329 g/mol. The van der Waals surface area contributed by atoms with Gasteiger partial charge in [0.15, 0.2) is 0 Å². The number of benzene rings is 1. The summed E-state index contributed by atoms with van der Waals surface area (Å²) in [6.45, 7) is 6.97. The molecule has 0 bridgehead atoms. The van der Waals surface area contributed by atoms with Crippen LogP contribution in [0.25, 0.3) is 0 Å². The molecule has 6 heteroatoms. The Bertz CT molecular complexity index is 561. The van der Waals surface area contributed by atoms with E-state index in [-0.39, 0.29) is 0 Å². The smallest absolute Gasteiger partial charge is 0.243 e. The maximum Gasteiger partial charge on any atom is 0.243 e. The highest BCUT2D eigenvalue weighted by molar-refractivity contribution is 8.00. The van der Waals surface area contributed by atoms with E-state index >= 15 is 0 Å². The molecule has 1 atom stereocenters. The number of hydrogen-bond acceptors (Lipinski definition) is 4. The first-order valence-electron chi connectivity index (χ1n) is 7.49. The van der Waals surface area contributed by atoms with Gasteiger partial charge in [-0.25, -0.2) is 8.42 Å². The van der Waals surface area contributed by atoms with E-state index in [1.165, 1.54) is 0 Å². The van der Waals surface area contributed by atoms with Crippen molar-refractivity contribution in [2.45, 2.75) is 37.0 Å². The Morgan fingerprint density at radius 2 is 2.19 bits per heavy atom. The molecule has 21 heavy (non-hydrogen) atoms. The molecule has 1 aromatic carbocycles. The Kier molecular flexibility index (Phi) is 6.10. The lowest BCUT2D eigenvalue weighted by Crippen LogP contribution is -2.41. The van der Waals surface area contributed by atoms with E-state index in [0.29, 0.717) is 29.8 Å². The Labute approximate surface area is 132 Å². The van der Waals surface area contributed by atoms with E-state index < -0.39 is 10.0 Å². The predicted octanol–water partition coefficient (Wildman–Crippen LogP) is 2.31. The zero-order valence-corrected chi connectivity index (χ0v) is 14.3. The molecule has 0 amide bonds. The van der Waals surface area contributed by atoms with Gasteiger partial charge in [0.05, 0.1) is 4.90 Å². The van der Waals surface area contributed by atoms with E-state index in [1.807, 2.05) is 30.8 Å². The second-order valence-electron chi connectivity index (χ2n) is 5.19. The van der Waals surface area contributed by atoms with Crippen molar-refractivity contribution in [3.05, 3.63) is 29.8 Å². The number of rotatable bonds is 6. The molecule has 1 N–H and O–H groups in total. The standard InChI is InChI=1S/C15H24N2O2S2/c1-3-14-12-17(8-9-20-14)21(18,19)15-7-5-6-13(10-15)11-16-4-2/h5-7,10,14,16H,3-4,8-9,11-12H2,1-2H3. The Hall–Kier alpha value is -0.560. The molecule has 118 valence electrons. The highest BCUT2D eigenvalue weighted by Crippen LogP contribution is 2.26. The van der Waals surface area contributed by atoms with Gasteiger partial charge in [0.1, 0.15) is 0 Å². The molecular weight excluding hydrogens is 304 g/mol. The Morgan fingerprint density at radius 1 is 1.38 bits per heavy atom. The molecule has 1 fully saturated rings. The molecule has 2 rings (SSSR count). The fraction of sp³-hybridized carbons (Fsp3) is 0.600. The van der Waals surface area contributed by atoms with Crippen molar-refractivity contribution < 1.29 is 8.42 Å². The summed E-state index contributed by atoms with van der Waals surface area (Å²) >= 11 is 1.88. The highest BCUT2D eigenvalue weighted by atomic mass is 32.2. The van der Waals surface area contributed by atoms with Crippen molar-refractivity contribution in [3.63, 3.8) is 0 Å². The van der Waals surface area contributed by atoms with Crippen LogP contribution in [0.3, 0.4) is 0 Å². The van der Waals surface area contributed by atoms with E-state index in [9.17, 15) is 8.42 Å². The van der Waals surface area contributed by atoms with E-state index in [2.05, 4.69) is 12.2 Å². The third kappa shape index (κ3) is 4.22. The third-order valence-corrected chi connectivity index (χ3v) is 6.91. The SMILES string of the molecule is CCNCc1cccc(S(=O)(=O)N2CCSC(CC)C2)c1. The number of nitrogens with one attached hydrogen (secondary N) is 1. The first-order valence-corrected chi connectivity index (χ1v) is 9.98. The molecule has 0 radical (unpaired) electrons. The minimum absolute atomic E-state index is 0.415. The van der Waals surface area contributed by atoms with Gasteiger partial charge in [-0.1, -0.05) is 26.0 Å². The molecule has 1 aromatic rings. The second-order valence-corrected chi connectivity index (χ2v) is 8.54. The van der Waals surface area contributed by atoms with Gasteiger partial charge in [-0.15, -0.1) is 0 Å². The maximum absolute atomic E-state index is 12.8. The van der Waals surface area contributed by atoms with Gasteiger partial charge in [-0.3, -0.25) is 0 Å². The van der Waals surface area contributed by atoms with Gasteiger partial charge >= 0.3 is 0 Å². The first kappa shape index (κ1) is 16.8. The van der Waals surface area contributed by atoms with Crippen molar-refractivity contribution in [2.24, 2.45) is 0 Å². The lowest BCUT2D eigenvalue weighted by molar-refractivity contribution is 0.416. The van der Waals surface area contributed by atoms with Crippen LogP contribution in [0.15, 0.2) is 29.2 Å². The fourth-order valence-corrected chi connectivity index (χ4v) is 5.34. The molecule has 1 aliphatic heterocycles. The maximum atomic E-state index is 12.8. The van der Waals surface area contributed by atoms with Gasteiger partial charge in [-0.05, 0) is 30.7 Å². The lowest BCUT2D eigenvalue weighted by Gasteiger charge is -2.31. The summed E-state index contributed by atoms with van der Waals surface area (Å²) in [5.74, 6) is 0.884. The first-order chi connectivity index (χ1) is 10.1. The minimum Gasteiger partial charge on any atom is -0.313 e. The van der Waals surface area contributed by atoms with E-state index in [4.69, 9.17) is 0 Å². The van der Waals surface area contributed by atoms with Crippen LogP contribution in [-0.4, -0.2) is 43.4 Å². The van der Waals surface area contributed by atoms with Crippen LogP contribution in [0, 0.1) is 0 Å². The van der Waals surface area contributed by atoms with Gasteiger partial charge in [0, 0.05) is 30.6 Å². The lowest BCUT2D eigenvalue weighted by atomic mass is 10.2. The van der Waals surface area contributed by atoms with Crippen LogP contribution in [0.5, 0.6) is 0 Å². The van der Waals surface area contributed by atoms with Gasteiger partial charge in [0.25, 0.3) is 0 Å². The zero-order valence-electron chi connectivity index (χ0n) is 12.7. The highest BCUT2D eigenvalue weighted by Gasteiger charge is 2.29. The van der Waals surface area contributed by atoms with Crippen molar-refractivity contribution >= 4 is 21.8 Å². The summed E-state index contributed by atoms with van der Waals surface area (Å²) < 4.78 is 27.2. The topological polar surface area (TPSA) is 49.4 Å². The summed E-state index contributed by atoms with van der Waals surface area (Å²) in [5, 5.41) is 3.64. The van der Waals surface area contributed by atoms with Crippen molar-refractivity contribution in [2.75, 3.05) is 25.4 Å². The molecule has 1 heterocycles. The summed E-state index contributed by atoms with van der Waals surface area (Å²) in [6.07, 6.45) is 1.01. The van der Waals surface area contributed by atoms with Gasteiger partial charge in [0.2, 0.25) is 10.0 Å². The van der Waals surface area contributed by atoms with Crippen LogP contribution < -0.4 is 5.32 Å². The van der Waals surface area contributed by atoms with Crippen LogP contribution in [0.2, 0.25) is 0 Å². The number of thioether (sulfide) groups is 1. The van der Waals surface area contributed by atoms with Crippen LogP contribution in [-0.2, 0) is 16.6 Å². The number of sulfonamides is 1. The molecule has 1 aliphatic rings. The molecule has 0 aliphatic carbocycles. The quantitative estimate of drug-likeness (QED) is 0.871. The van der Waals surface area contributed by atoms with Crippen molar-refractivity contribution in [3.8, 4) is 0 Å². The molecular formula is C15H24N2O2S2. The minimum atomic E-state index is -3.36. The second kappa shape index (κ2) is 7.63. The Balaban J connectivity index is 2.18. The normalized spacial score (nSPS) is 20.6. The number of nitrogens with zero attached hydrogens (tertiary/aromatic N) is 1. The van der Waals surface area contributed by atoms with Gasteiger partial charge in [-0.2, -0.15) is 16.1 Å². The molecule has 0 saturated carbocycles. The summed E-state index contributed by atoms with van der Waals surface area (Å²) in [7, 11) is -3.36. The van der Waals surface area contributed by atoms with Crippen molar-refractivity contribution in [1.82, 2.24) is 9.62 Å². The van der Waals surface area contributed by atoms with Gasteiger partial charge < -0.3 is 5.32 Å². The zero-order chi connectivity index (χ0) is 15.3. The van der Waals surface area contributed by atoms with Crippen LogP contribution in [0.4, 0.5) is 0 Å². The molecule has 4 nitrogen and oxygen atoms in total. The number of hydrogen-bond donors (Lipinski definition) is 1. The Morgan fingerprint density at radius 3 is 2.90 bits per heavy atom. The van der Waals surface area contributed by atoms with Crippen molar-refractivity contribution in [1.29, 1.82) is 0 Å². The summed E-state index contributed by atoms with van der Waals surface area (Å²) in [6, 6.07) is 7.28. The summed E-state index contributed by atoms with van der Waals surface area (Å²) in [5.41, 5.74) is 1.01. The molecule has 0 spiro atoms. The monoisotopic (exact) mass is 328 g/mol. The molecule has 1 saturated heterocycles. The van der Waals surface area contributed by atoms with E-state index in [1.54, 1.807) is 16.4 Å². The molecule has 0 aromatic heterocycles. The predicted molar refractivity (Wildman–Crippen MR) is 89.1 cm³/mol. The summed E-state index contributed by atoms with van der Waals surface area (Å²) in [4.78, 5) is 0.416. The third-order valence-electron chi connectivity index (χ3n) is 3.67. The van der Waals surface area contributed by atoms with E-state index in [0.717, 1.165) is 24.3 Å². The molecule has 1 unspecified atom stereocenters. The van der Waals surface area contributed by atoms with Crippen LogP contribution in [0.1, 0.15) is 25.8 Å². The average Bonchev–Trinajstić information content (AvgIpc) is 2.53. The van der Waals surface area contributed by atoms with Crippen LogP contribution >= 0.6 is 11.8 Å². The fourth-order valence-electron chi connectivity index (χ4n) is 2.39. The largest absolute Gasteiger partial charge is 0.313 e.